The van der Waals surface area contributed by atoms with Gasteiger partial charge in [0, 0.05) is 6.42 Å². The van der Waals surface area contributed by atoms with Crippen LogP contribution in [0.3, 0.4) is 0 Å². The van der Waals surface area contributed by atoms with E-state index in [4.69, 9.17) is 4.74 Å². The molecular formula is C18H34O3. The minimum Gasteiger partial charge on any atom is -0.460 e. The molecule has 0 heterocycles. The molecule has 0 bridgehead atoms. The van der Waals surface area contributed by atoms with Crippen molar-refractivity contribution in [1.29, 1.82) is 0 Å². The molecule has 3 atom stereocenters. The summed E-state index contributed by atoms with van der Waals surface area (Å²) in [5.41, 5.74) is 0. The molecular weight excluding hydrogens is 264 g/mol. The van der Waals surface area contributed by atoms with Crippen LogP contribution in [0, 0.1) is 5.92 Å². The van der Waals surface area contributed by atoms with E-state index in [9.17, 15) is 9.90 Å². The Bertz CT molecular complexity index is 278. The summed E-state index contributed by atoms with van der Waals surface area (Å²) < 4.78 is 5.42. The molecule has 0 spiro atoms. The predicted octanol–water partition coefficient (Wildman–Crippen LogP) is 4.61. The zero-order valence-corrected chi connectivity index (χ0v) is 14.0. The highest BCUT2D eigenvalue weighted by molar-refractivity contribution is 5.69. The monoisotopic (exact) mass is 298 g/mol. The lowest BCUT2D eigenvalue weighted by atomic mass is 9.86. The molecule has 3 heteroatoms. The van der Waals surface area contributed by atoms with E-state index in [1.807, 2.05) is 0 Å². The third kappa shape index (κ3) is 8.45. The van der Waals surface area contributed by atoms with Crippen LogP contribution in [0.15, 0.2) is 0 Å². The summed E-state index contributed by atoms with van der Waals surface area (Å²) in [5, 5.41) is 9.92. The highest BCUT2D eigenvalue weighted by Gasteiger charge is 2.29. The van der Waals surface area contributed by atoms with E-state index in [0.717, 1.165) is 32.1 Å². The minimum absolute atomic E-state index is 0.125. The number of aliphatic hydroxyl groups is 1. The van der Waals surface area contributed by atoms with Crippen molar-refractivity contribution in [3.63, 3.8) is 0 Å². The van der Waals surface area contributed by atoms with Gasteiger partial charge in [-0.1, -0.05) is 58.8 Å². The van der Waals surface area contributed by atoms with E-state index in [1.54, 1.807) is 0 Å². The topological polar surface area (TPSA) is 46.5 Å². The number of hydrogen-bond donors (Lipinski definition) is 1. The summed E-state index contributed by atoms with van der Waals surface area (Å²) in [6.45, 7) is 4.37. The molecule has 1 rings (SSSR count). The molecule has 3 nitrogen and oxygen atoms in total. The van der Waals surface area contributed by atoms with Crippen molar-refractivity contribution in [3.05, 3.63) is 0 Å². The Balaban J connectivity index is 1.99. The van der Waals surface area contributed by atoms with Gasteiger partial charge in [-0.25, -0.2) is 0 Å². The summed E-state index contributed by atoms with van der Waals surface area (Å²) >= 11 is 0. The molecule has 3 unspecified atom stereocenters. The van der Waals surface area contributed by atoms with Gasteiger partial charge in [0.2, 0.25) is 0 Å². The Morgan fingerprint density at radius 2 is 1.67 bits per heavy atom. The van der Waals surface area contributed by atoms with Crippen molar-refractivity contribution in [1.82, 2.24) is 0 Å². The second kappa shape index (κ2) is 11.1. The molecule has 0 radical (unpaired) electrons. The fraction of sp³-hybridized carbons (Fsp3) is 0.944. The fourth-order valence-corrected chi connectivity index (χ4v) is 3.09. The summed E-state index contributed by atoms with van der Waals surface area (Å²) in [5.74, 6) is 0.419. The molecule has 0 amide bonds. The number of carbonyl (C=O) groups is 1. The first-order chi connectivity index (χ1) is 10.1. The Morgan fingerprint density at radius 1 is 1.05 bits per heavy atom. The van der Waals surface area contributed by atoms with Gasteiger partial charge in [-0.05, 0) is 31.6 Å². The van der Waals surface area contributed by atoms with Crippen molar-refractivity contribution < 1.29 is 14.6 Å². The van der Waals surface area contributed by atoms with Crippen molar-refractivity contribution in [2.75, 3.05) is 0 Å². The molecule has 1 saturated carbocycles. The minimum atomic E-state index is -0.462. The largest absolute Gasteiger partial charge is 0.460 e. The van der Waals surface area contributed by atoms with Crippen LogP contribution < -0.4 is 0 Å². The number of esters is 1. The quantitative estimate of drug-likeness (QED) is 0.473. The average Bonchev–Trinajstić information content (AvgIpc) is 2.45. The van der Waals surface area contributed by atoms with Gasteiger partial charge in [-0.2, -0.15) is 0 Å². The molecule has 1 N–H and O–H groups in total. The van der Waals surface area contributed by atoms with Crippen molar-refractivity contribution in [3.8, 4) is 0 Å². The van der Waals surface area contributed by atoms with Gasteiger partial charge in [-0.3, -0.25) is 4.79 Å². The van der Waals surface area contributed by atoms with E-state index in [0.29, 0.717) is 12.3 Å². The van der Waals surface area contributed by atoms with Crippen molar-refractivity contribution >= 4 is 5.97 Å². The van der Waals surface area contributed by atoms with E-state index in [-0.39, 0.29) is 12.1 Å². The number of carbonyl (C=O) groups excluding carboxylic acids is 1. The molecule has 1 aliphatic rings. The first-order valence-corrected chi connectivity index (χ1v) is 9.01. The molecule has 1 aliphatic carbocycles. The van der Waals surface area contributed by atoms with Gasteiger partial charge in [0.05, 0.1) is 6.10 Å². The SMILES string of the molecule is CCCCCCCCCCC(=O)OC1CCC(C)CC1O. The fourth-order valence-electron chi connectivity index (χ4n) is 3.09. The highest BCUT2D eigenvalue weighted by Crippen LogP contribution is 2.26. The van der Waals surface area contributed by atoms with Crippen LogP contribution in [0.1, 0.15) is 90.9 Å². The van der Waals surface area contributed by atoms with E-state index >= 15 is 0 Å². The number of ether oxygens (including phenoxy) is 1. The van der Waals surface area contributed by atoms with Gasteiger partial charge in [-0.15, -0.1) is 0 Å². The molecule has 0 aromatic carbocycles. The van der Waals surface area contributed by atoms with Gasteiger partial charge in [0.15, 0.2) is 0 Å². The molecule has 1 fully saturated rings. The third-order valence-corrected chi connectivity index (χ3v) is 4.53. The number of rotatable bonds is 10. The van der Waals surface area contributed by atoms with Crippen LogP contribution in [-0.4, -0.2) is 23.3 Å². The second-order valence-corrected chi connectivity index (χ2v) is 6.74. The molecule has 0 saturated heterocycles. The lowest BCUT2D eigenvalue weighted by Crippen LogP contribution is -2.36. The van der Waals surface area contributed by atoms with E-state index in [1.165, 1.54) is 38.5 Å². The Hall–Kier alpha value is -0.570. The maximum atomic E-state index is 11.8. The summed E-state index contributed by atoms with van der Waals surface area (Å²) in [6.07, 6.45) is 12.3. The number of unbranched alkanes of at least 4 members (excludes halogenated alkanes) is 7. The average molecular weight is 298 g/mol. The van der Waals surface area contributed by atoms with Gasteiger partial charge >= 0.3 is 5.97 Å². The Labute approximate surface area is 130 Å². The Morgan fingerprint density at radius 3 is 2.29 bits per heavy atom. The molecule has 124 valence electrons. The van der Waals surface area contributed by atoms with Gasteiger partial charge in [0.25, 0.3) is 0 Å². The van der Waals surface area contributed by atoms with Crippen molar-refractivity contribution in [2.24, 2.45) is 5.92 Å². The molecule has 0 aromatic rings. The van der Waals surface area contributed by atoms with Crippen LogP contribution in [0.25, 0.3) is 0 Å². The maximum Gasteiger partial charge on any atom is 0.306 e. The lowest BCUT2D eigenvalue weighted by Gasteiger charge is -2.30. The normalized spacial score (nSPS) is 25.8. The standard InChI is InChI=1S/C18H34O3/c1-3-4-5-6-7-8-9-10-11-18(20)21-17-13-12-15(2)14-16(17)19/h15-17,19H,3-14H2,1-2H3. The Kier molecular flexibility index (Phi) is 9.73. The van der Waals surface area contributed by atoms with Crippen LogP contribution in [0.5, 0.6) is 0 Å². The number of hydrogen-bond acceptors (Lipinski definition) is 3. The zero-order chi connectivity index (χ0) is 15.5. The number of aliphatic hydroxyl groups excluding tert-OH is 1. The summed E-state index contributed by atoms with van der Waals surface area (Å²) in [7, 11) is 0. The van der Waals surface area contributed by atoms with Gasteiger partial charge in [0.1, 0.15) is 6.10 Å². The van der Waals surface area contributed by atoms with E-state index in [2.05, 4.69) is 13.8 Å². The zero-order valence-electron chi connectivity index (χ0n) is 14.0. The van der Waals surface area contributed by atoms with Crippen LogP contribution in [0.4, 0.5) is 0 Å². The first-order valence-electron chi connectivity index (χ1n) is 9.01. The highest BCUT2D eigenvalue weighted by atomic mass is 16.6. The van der Waals surface area contributed by atoms with Gasteiger partial charge < -0.3 is 9.84 Å². The first kappa shape index (κ1) is 18.5. The summed E-state index contributed by atoms with van der Waals surface area (Å²) in [4.78, 5) is 11.8. The smallest absolute Gasteiger partial charge is 0.306 e. The van der Waals surface area contributed by atoms with Crippen LogP contribution in [-0.2, 0) is 9.53 Å². The third-order valence-electron chi connectivity index (χ3n) is 4.53. The maximum absolute atomic E-state index is 11.8. The van der Waals surface area contributed by atoms with E-state index < -0.39 is 6.10 Å². The van der Waals surface area contributed by atoms with Crippen LogP contribution in [0.2, 0.25) is 0 Å². The predicted molar refractivity (Wildman–Crippen MR) is 86.1 cm³/mol. The van der Waals surface area contributed by atoms with Crippen molar-refractivity contribution in [2.45, 2.75) is 103 Å². The molecule has 0 aromatic heterocycles. The molecule has 0 aliphatic heterocycles. The van der Waals surface area contributed by atoms with Crippen LogP contribution >= 0.6 is 0 Å². The lowest BCUT2D eigenvalue weighted by molar-refractivity contribution is -0.158. The summed E-state index contributed by atoms with van der Waals surface area (Å²) in [6, 6.07) is 0. The molecule has 21 heavy (non-hydrogen) atoms. The second-order valence-electron chi connectivity index (χ2n) is 6.74.